The van der Waals surface area contributed by atoms with E-state index in [0.29, 0.717) is 18.6 Å². The summed E-state index contributed by atoms with van der Waals surface area (Å²) in [6.45, 7) is 13.2. The second-order valence-corrected chi connectivity index (χ2v) is 6.35. The summed E-state index contributed by atoms with van der Waals surface area (Å²) in [6.07, 6.45) is 1.35. The minimum absolute atomic E-state index is 0.148. The van der Waals surface area contributed by atoms with Gasteiger partial charge in [-0.1, -0.05) is 52.7 Å². The lowest BCUT2D eigenvalue weighted by molar-refractivity contribution is -0.117. The van der Waals surface area contributed by atoms with Crippen molar-refractivity contribution in [2.45, 2.75) is 54.4 Å². The van der Waals surface area contributed by atoms with Gasteiger partial charge in [0.05, 0.1) is 0 Å². The van der Waals surface area contributed by atoms with E-state index in [4.69, 9.17) is 0 Å². The molecule has 0 heterocycles. The van der Waals surface area contributed by atoms with Crippen molar-refractivity contribution in [3.8, 4) is 0 Å². The lowest BCUT2D eigenvalue weighted by Crippen LogP contribution is -2.16. The highest BCUT2D eigenvalue weighted by molar-refractivity contribution is 5.87. The predicted octanol–water partition coefficient (Wildman–Crippen LogP) is 3.74. The van der Waals surface area contributed by atoms with Gasteiger partial charge >= 0.3 is 0 Å². The lowest BCUT2D eigenvalue weighted by atomic mass is 9.76. The molecule has 0 unspecified atom stereocenters. The second-order valence-electron chi connectivity index (χ2n) is 6.35. The number of carbonyl (C=O) groups is 1. The van der Waals surface area contributed by atoms with Crippen LogP contribution in [0.3, 0.4) is 0 Å². The molecule has 1 rings (SSSR count). The zero-order valence-corrected chi connectivity index (χ0v) is 10.3. The van der Waals surface area contributed by atoms with Gasteiger partial charge in [-0.15, -0.1) is 0 Å². The minimum atomic E-state index is 0.148. The lowest BCUT2D eigenvalue weighted by Gasteiger charge is -2.28. The summed E-state index contributed by atoms with van der Waals surface area (Å²) in [4.78, 5) is 11.5. The zero-order chi connectivity index (χ0) is 11.1. The predicted molar refractivity (Wildman–Crippen MR) is 60.2 cm³/mol. The molecule has 0 spiro atoms. The van der Waals surface area contributed by atoms with Gasteiger partial charge in [-0.3, -0.25) is 4.79 Å². The van der Waals surface area contributed by atoms with Crippen molar-refractivity contribution in [1.82, 2.24) is 0 Å². The topological polar surface area (TPSA) is 17.1 Å². The highest BCUT2D eigenvalue weighted by atomic mass is 16.1. The van der Waals surface area contributed by atoms with Crippen LogP contribution in [0.4, 0.5) is 0 Å². The first kappa shape index (κ1) is 11.5. The van der Waals surface area contributed by atoms with Crippen molar-refractivity contribution in [2.24, 2.45) is 10.8 Å². The largest absolute Gasteiger partial charge is 0.299 e. The van der Waals surface area contributed by atoms with Crippen LogP contribution in [0.25, 0.3) is 0 Å². The maximum Gasteiger partial charge on any atom is 0.141 e. The van der Waals surface area contributed by atoms with E-state index in [-0.39, 0.29) is 10.8 Å². The molecular formula is C13H22O. The number of Topliss-reactive ketones (excluding diaryl/α,β-unsaturated/α-hetero) is 1. The standard InChI is InChI=1S/C13H22O/c1-12(2,3)10-7-9(14)8-11(10)13(4,5)6/h7-8H2,1-6H3. The summed E-state index contributed by atoms with van der Waals surface area (Å²) < 4.78 is 0. The molecule has 14 heavy (non-hydrogen) atoms. The van der Waals surface area contributed by atoms with Crippen molar-refractivity contribution in [2.75, 3.05) is 0 Å². The van der Waals surface area contributed by atoms with Crippen LogP contribution in [-0.4, -0.2) is 5.78 Å². The van der Waals surface area contributed by atoms with Crippen molar-refractivity contribution >= 4 is 5.78 Å². The molecule has 0 aromatic rings. The zero-order valence-electron chi connectivity index (χ0n) is 10.3. The van der Waals surface area contributed by atoms with Crippen LogP contribution in [-0.2, 0) is 4.79 Å². The smallest absolute Gasteiger partial charge is 0.141 e. The maximum absolute atomic E-state index is 11.5. The number of allylic oxidation sites excluding steroid dienone is 2. The van der Waals surface area contributed by atoms with E-state index in [2.05, 4.69) is 41.5 Å². The molecular weight excluding hydrogens is 172 g/mol. The van der Waals surface area contributed by atoms with Crippen LogP contribution in [0, 0.1) is 10.8 Å². The third-order valence-corrected chi connectivity index (χ3v) is 2.92. The van der Waals surface area contributed by atoms with E-state index in [1.165, 1.54) is 11.1 Å². The Hall–Kier alpha value is -0.590. The fourth-order valence-corrected chi connectivity index (χ4v) is 2.11. The molecule has 0 fully saturated rings. The first-order chi connectivity index (χ1) is 6.12. The van der Waals surface area contributed by atoms with Crippen molar-refractivity contribution in [1.29, 1.82) is 0 Å². The first-order valence-corrected chi connectivity index (χ1v) is 5.37. The van der Waals surface area contributed by atoms with Crippen molar-refractivity contribution in [3.63, 3.8) is 0 Å². The fourth-order valence-electron chi connectivity index (χ4n) is 2.11. The van der Waals surface area contributed by atoms with Gasteiger partial charge in [0.1, 0.15) is 5.78 Å². The Morgan fingerprint density at radius 1 is 0.786 bits per heavy atom. The molecule has 0 aromatic heterocycles. The van der Waals surface area contributed by atoms with Gasteiger partial charge in [0.25, 0.3) is 0 Å². The van der Waals surface area contributed by atoms with Crippen LogP contribution < -0.4 is 0 Å². The number of ketones is 1. The van der Waals surface area contributed by atoms with E-state index in [1.807, 2.05) is 0 Å². The molecule has 1 nitrogen and oxygen atoms in total. The average Bonchev–Trinajstić information content (AvgIpc) is 2.27. The van der Waals surface area contributed by atoms with E-state index in [0.717, 1.165) is 0 Å². The number of rotatable bonds is 0. The molecule has 0 saturated heterocycles. The third-order valence-electron chi connectivity index (χ3n) is 2.92. The van der Waals surface area contributed by atoms with Crippen LogP contribution in [0.15, 0.2) is 11.1 Å². The third kappa shape index (κ3) is 2.26. The fraction of sp³-hybridized carbons (Fsp3) is 0.769. The van der Waals surface area contributed by atoms with Crippen LogP contribution >= 0.6 is 0 Å². The monoisotopic (exact) mass is 194 g/mol. The Balaban J connectivity index is 3.14. The van der Waals surface area contributed by atoms with E-state index >= 15 is 0 Å². The first-order valence-electron chi connectivity index (χ1n) is 5.37. The molecule has 0 atom stereocenters. The summed E-state index contributed by atoms with van der Waals surface area (Å²) in [5, 5.41) is 0. The summed E-state index contributed by atoms with van der Waals surface area (Å²) in [5.74, 6) is 0.389. The quantitative estimate of drug-likeness (QED) is 0.537. The Bertz CT molecular complexity index is 253. The average molecular weight is 194 g/mol. The number of hydrogen-bond donors (Lipinski definition) is 0. The molecule has 0 saturated carbocycles. The molecule has 0 N–H and O–H groups in total. The van der Waals surface area contributed by atoms with Gasteiger partial charge < -0.3 is 0 Å². The Morgan fingerprint density at radius 2 is 1.07 bits per heavy atom. The molecule has 0 radical (unpaired) electrons. The Kier molecular flexibility index (Phi) is 2.64. The van der Waals surface area contributed by atoms with E-state index in [1.54, 1.807) is 0 Å². The van der Waals surface area contributed by atoms with Gasteiger partial charge in [-0.05, 0) is 10.8 Å². The van der Waals surface area contributed by atoms with Crippen LogP contribution in [0.1, 0.15) is 54.4 Å². The number of carbonyl (C=O) groups excluding carboxylic acids is 1. The summed E-state index contributed by atoms with van der Waals surface area (Å²) in [6, 6.07) is 0. The second kappa shape index (κ2) is 3.22. The molecule has 1 aliphatic rings. The molecule has 0 amide bonds. The SMILES string of the molecule is CC(C)(C)C1=C(C(C)(C)C)CC(=O)C1. The summed E-state index contributed by atoms with van der Waals surface area (Å²) >= 11 is 0. The normalized spacial score (nSPS) is 19.4. The molecule has 0 aromatic carbocycles. The van der Waals surface area contributed by atoms with E-state index in [9.17, 15) is 4.79 Å². The molecule has 1 aliphatic carbocycles. The molecule has 0 bridgehead atoms. The minimum Gasteiger partial charge on any atom is -0.299 e. The number of hydrogen-bond acceptors (Lipinski definition) is 1. The van der Waals surface area contributed by atoms with Gasteiger partial charge in [0.15, 0.2) is 0 Å². The van der Waals surface area contributed by atoms with Gasteiger partial charge in [-0.25, -0.2) is 0 Å². The molecule has 0 aliphatic heterocycles. The van der Waals surface area contributed by atoms with E-state index < -0.39 is 0 Å². The summed E-state index contributed by atoms with van der Waals surface area (Å²) in [7, 11) is 0. The van der Waals surface area contributed by atoms with Crippen molar-refractivity contribution < 1.29 is 4.79 Å². The van der Waals surface area contributed by atoms with Gasteiger partial charge in [-0.2, -0.15) is 0 Å². The highest BCUT2D eigenvalue weighted by Crippen LogP contribution is 2.44. The van der Waals surface area contributed by atoms with Crippen LogP contribution in [0.2, 0.25) is 0 Å². The molecule has 80 valence electrons. The van der Waals surface area contributed by atoms with Gasteiger partial charge in [0.2, 0.25) is 0 Å². The highest BCUT2D eigenvalue weighted by Gasteiger charge is 2.34. The van der Waals surface area contributed by atoms with Gasteiger partial charge in [0, 0.05) is 12.8 Å². The summed E-state index contributed by atoms with van der Waals surface area (Å²) in [5.41, 5.74) is 3.04. The Morgan fingerprint density at radius 3 is 1.29 bits per heavy atom. The Labute approximate surface area is 87.6 Å². The van der Waals surface area contributed by atoms with Crippen LogP contribution in [0.5, 0.6) is 0 Å². The molecule has 1 heteroatoms. The maximum atomic E-state index is 11.5. The van der Waals surface area contributed by atoms with Crippen molar-refractivity contribution in [3.05, 3.63) is 11.1 Å².